The fraction of sp³-hybridized carbons (Fsp3) is 0.692. The van der Waals surface area contributed by atoms with Crippen LogP contribution >= 0.6 is 0 Å². The SMILES string of the molecule is CCCC(C(=O)O)N1CCC(CN2CCC(NN(CC)C(=O)CCc3ccccc3)CC2)C1. The fourth-order valence-corrected chi connectivity index (χ4v) is 5.23. The molecule has 7 nitrogen and oxygen atoms in total. The van der Waals surface area contributed by atoms with Crippen LogP contribution in [0.5, 0.6) is 0 Å². The predicted octanol–water partition coefficient (Wildman–Crippen LogP) is 3.01. The minimum atomic E-state index is -0.678. The Kier molecular flexibility index (Phi) is 10.2. The fourth-order valence-electron chi connectivity index (χ4n) is 5.23. The van der Waals surface area contributed by atoms with Crippen molar-refractivity contribution in [1.29, 1.82) is 0 Å². The van der Waals surface area contributed by atoms with Gasteiger partial charge in [-0.1, -0.05) is 43.7 Å². The molecule has 0 radical (unpaired) electrons. The number of hydrogen-bond donors (Lipinski definition) is 2. The average molecular weight is 459 g/mol. The maximum Gasteiger partial charge on any atom is 0.320 e. The number of carboxylic acid groups (broad SMARTS) is 1. The highest BCUT2D eigenvalue weighted by Gasteiger charge is 2.33. The minimum absolute atomic E-state index is 0.162. The van der Waals surface area contributed by atoms with Gasteiger partial charge in [0.15, 0.2) is 0 Å². The first-order valence-electron chi connectivity index (χ1n) is 12.8. The van der Waals surface area contributed by atoms with E-state index in [0.717, 1.165) is 71.2 Å². The highest BCUT2D eigenvalue weighted by molar-refractivity contribution is 5.76. The zero-order chi connectivity index (χ0) is 23.6. The standard InChI is InChI=1S/C26H42N4O3/c1-3-8-24(26(32)33)29-18-13-22(20-29)19-28-16-14-23(15-17-28)27-30(4-2)25(31)12-11-21-9-6-5-7-10-21/h5-7,9-10,22-24,27H,3-4,8,11-20H2,1-2H3,(H,32,33). The highest BCUT2D eigenvalue weighted by Crippen LogP contribution is 2.23. The van der Waals surface area contributed by atoms with Crippen LogP contribution in [0.2, 0.25) is 0 Å². The lowest BCUT2D eigenvalue weighted by molar-refractivity contribution is -0.143. The molecule has 0 aromatic heterocycles. The summed E-state index contributed by atoms with van der Waals surface area (Å²) in [5.41, 5.74) is 4.69. The van der Waals surface area contributed by atoms with Crippen molar-refractivity contribution in [3.63, 3.8) is 0 Å². The van der Waals surface area contributed by atoms with E-state index in [-0.39, 0.29) is 11.9 Å². The quantitative estimate of drug-likeness (QED) is 0.469. The second-order valence-corrected chi connectivity index (χ2v) is 9.62. The summed E-state index contributed by atoms with van der Waals surface area (Å²) in [5.74, 6) is 0.0398. The number of aliphatic carboxylic acids is 1. The molecule has 2 aliphatic rings. The lowest BCUT2D eigenvalue weighted by Crippen LogP contribution is -2.52. The van der Waals surface area contributed by atoms with Gasteiger partial charge in [0.1, 0.15) is 6.04 Å². The maximum atomic E-state index is 12.7. The van der Waals surface area contributed by atoms with Crippen LogP contribution in [0.3, 0.4) is 0 Å². The van der Waals surface area contributed by atoms with Crippen LogP contribution in [-0.4, -0.2) is 83.1 Å². The molecule has 0 spiro atoms. The molecule has 2 saturated heterocycles. The number of carbonyl (C=O) groups excluding carboxylic acids is 1. The molecule has 1 aromatic rings. The normalized spacial score (nSPS) is 21.2. The molecule has 0 saturated carbocycles. The van der Waals surface area contributed by atoms with Crippen molar-refractivity contribution < 1.29 is 14.7 Å². The lowest BCUT2D eigenvalue weighted by atomic mass is 10.0. The minimum Gasteiger partial charge on any atom is -0.480 e. The highest BCUT2D eigenvalue weighted by atomic mass is 16.4. The molecular weight excluding hydrogens is 416 g/mol. The van der Waals surface area contributed by atoms with E-state index in [2.05, 4.69) is 34.3 Å². The molecule has 2 unspecified atom stereocenters. The summed E-state index contributed by atoms with van der Waals surface area (Å²) in [5, 5.41) is 11.3. The monoisotopic (exact) mass is 458 g/mol. The van der Waals surface area contributed by atoms with Gasteiger partial charge in [0.25, 0.3) is 0 Å². The van der Waals surface area contributed by atoms with Crippen molar-refractivity contribution >= 4 is 11.9 Å². The Labute approximate surface area is 199 Å². The van der Waals surface area contributed by atoms with Crippen LogP contribution in [0.4, 0.5) is 0 Å². The summed E-state index contributed by atoms with van der Waals surface area (Å²) in [7, 11) is 0. The van der Waals surface area contributed by atoms with Crippen molar-refractivity contribution in [3.05, 3.63) is 35.9 Å². The number of carbonyl (C=O) groups is 2. The van der Waals surface area contributed by atoms with E-state index in [0.29, 0.717) is 24.9 Å². The van der Waals surface area contributed by atoms with Gasteiger partial charge in [-0.2, -0.15) is 0 Å². The first-order valence-corrected chi connectivity index (χ1v) is 12.8. The van der Waals surface area contributed by atoms with Gasteiger partial charge < -0.3 is 10.0 Å². The summed E-state index contributed by atoms with van der Waals surface area (Å²) >= 11 is 0. The van der Waals surface area contributed by atoms with Crippen molar-refractivity contribution in [2.45, 2.75) is 70.9 Å². The molecule has 3 rings (SSSR count). The third-order valence-electron chi connectivity index (χ3n) is 7.14. The molecule has 2 aliphatic heterocycles. The van der Waals surface area contributed by atoms with Gasteiger partial charge in [-0.3, -0.25) is 19.5 Å². The van der Waals surface area contributed by atoms with Crippen molar-refractivity contribution in [3.8, 4) is 0 Å². The summed E-state index contributed by atoms with van der Waals surface area (Å²) in [6.07, 6.45) is 6.09. The summed E-state index contributed by atoms with van der Waals surface area (Å²) in [6.45, 7) is 9.66. The number of nitrogens with zero attached hydrogens (tertiary/aromatic N) is 3. The van der Waals surface area contributed by atoms with Gasteiger partial charge in [0.2, 0.25) is 5.91 Å². The number of nitrogens with one attached hydrogen (secondary N) is 1. The molecule has 0 bridgehead atoms. The summed E-state index contributed by atoms with van der Waals surface area (Å²) in [4.78, 5) is 29.0. The number of rotatable bonds is 12. The topological polar surface area (TPSA) is 76.1 Å². The van der Waals surface area contributed by atoms with Gasteiger partial charge in [0.05, 0.1) is 0 Å². The number of aryl methyl sites for hydroxylation is 1. The van der Waals surface area contributed by atoms with Gasteiger partial charge in [-0.05, 0) is 70.1 Å². The van der Waals surface area contributed by atoms with Crippen molar-refractivity contribution in [2.75, 3.05) is 39.3 Å². The number of benzene rings is 1. The molecule has 1 aromatic carbocycles. The van der Waals surface area contributed by atoms with Gasteiger partial charge in [-0.15, -0.1) is 0 Å². The molecule has 33 heavy (non-hydrogen) atoms. The number of piperidine rings is 1. The summed E-state index contributed by atoms with van der Waals surface area (Å²) < 4.78 is 0. The van der Waals surface area contributed by atoms with Crippen LogP contribution in [0.15, 0.2) is 30.3 Å². The molecular formula is C26H42N4O3. The Morgan fingerprint density at radius 2 is 1.85 bits per heavy atom. The predicted molar refractivity (Wildman–Crippen MR) is 131 cm³/mol. The number of hydrazine groups is 1. The molecule has 2 N–H and O–H groups in total. The molecule has 1 amide bonds. The largest absolute Gasteiger partial charge is 0.480 e. The van der Waals surface area contributed by atoms with Gasteiger partial charge in [-0.25, -0.2) is 5.43 Å². The first-order chi connectivity index (χ1) is 16.0. The Morgan fingerprint density at radius 3 is 2.48 bits per heavy atom. The van der Waals surface area contributed by atoms with Crippen LogP contribution in [0.25, 0.3) is 0 Å². The van der Waals surface area contributed by atoms with E-state index in [4.69, 9.17) is 0 Å². The molecule has 0 aliphatic carbocycles. The number of likely N-dealkylation sites (tertiary alicyclic amines) is 2. The third-order valence-corrected chi connectivity index (χ3v) is 7.14. The molecule has 2 atom stereocenters. The van der Waals surface area contributed by atoms with Crippen LogP contribution in [0, 0.1) is 5.92 Å². The number of amides is 1. The van der Waals surface area contributed by atoms with E-state index in [1.54, 1.807) is 5.01 Å². The second kappa shape index (κ2) is 13.1. The number of carboxylic acids is 1. The van der Waals surface area contributed by atoms with E-state index in [1.807, 2.05) is 25.1 Å². The molecule has 184 valence electrons. The Bertz CT molecular complexity index is 736. The van der Waals surface area contributed by atoms with Gasteiger partial charge >= 0.3 is 5.97 Å². The molecule has 2 fully saturated rings. The van der Waals surface area contributed by atoms with E-state index < -0.39 is 5.97 Å². The average Bonchev–Trinajstić information content (AvgIpc) is 3.28. The van der Waals surface area contributed by atoms with Crippen LogP contribution < -0.4 is 5.43 Å². The first kappa shape index (κ1) is 25.7. The molecule has 2 heterocycles. The van der Waals surface area contributed by atoms with E-state index >= 15 is 0 Å². The van der Waals surface area contributed by atoms with Crippen LogP contribution in [0.1, 0.15) is 57.9 Å². The van der Waals surface area contributed by atoms with Crippen molar-refractivity contribution in [2.24, 2.45) is 5.92 Å². The lowest BCUT2D eigenvalue weighted by Gasteiger charge is -2.36. The van der Waals surface area contributed by atoms with Gasteiger partial charge in [0, 0.05) is 32.1 Å². The smallest absolute Gasteiger partial charge is 0.320 e. The Morgan fingerprint density at radius 1 is 1.12 bits per heavy atom. The van der Waals surface area contributed by atoms with Crippen LogP contribution in [-0.2, 0) is 16.0 Å². The maximum absolute atomic E-state index is 12.7. The third kappa shape index (κ3) is 7.80. The zero-order valence-corrected chi connectivity index (χ0v) is 20.4. The Hall–Kier alpha value is -1.96. The van der Waals surface area contributed by atoms with Crippen molar-refractivity contribution in [1.82, 2.24) is 20.2 Å². The van der Waals surface area contributed by atoms with E-state index in [9.17, 15) is 14.7 Å². The summed E-state index contributed by atoms with van der Waals surface area (Å²) in [6, 6.07) is 10.2. The molecule has 7 heteroatoms. The Balaban J connectivity index is 1.37. The second-order valence-electron chi connectivity index (χ2n) is 9.62. The van der Waals surface area contributed by atoms with E-state index in [1.165, 1.54) is 5.56 Å². The number of hydrogen-bond acceptors (Lipinski definition) is 5. The zero-order valence-electron chi connectivity index (χ0n) is 20.4.